The SMILES string of the molecule is CN(Cc1ccc(-c2nc(CN)cc(=O)[nH]2)cc1)CC1Cc2ccccc2O1. The lowest BCUT2D eigenvalue weighted by Crippen LogP contribution is -2.31. The molecule has 6 heteroatoms. The van der Waals surface area contributed by atoms with Crippen LogP contribution in [0.3, 0.4) is 0 Å². The summed E-state index contributed by atoms with van der Waals surface area (Å²) in [6.45, 7) is 1.93. The highest BCUT2D eigenvalue weighted by Gasteiger charge is 2.23. The third kappa shape index (κ3) is 4.13. The molecule has 28 heavy (non-hydrogen) atoms. The molecule has 6 nitrogen and oxygen atoms in total. The molecule has 0 amide bonds. The predicted molar refractivity (Wildman–Crippen MR) is 109 cm³/mol. The van der Waals surface area contributed by atoms with Crippen molar-refractivity contribution in [2.75, 3.05) is 13.6 Å². The van der Waals surface area contributed by atoms with Crippen LogP contribution in [0.5, 0.6) is 5.75 Å². The van der Waals surface area contributed by atoms with E-state index in [0.717, 1.165) is 30.8 Å². The van der Waals surface area contributed by atoms with Gasteiger partial charge in [-0.25, -0.2) is 4.98 Å². The van der Waals surface area contributed by atoms with Crippen LogP contribution in [0.1, 0.15) is 16.8 Å². The number of likely N-dealkylation sites (N-methyl/N-ethyl adjacent to an activating group) is 1. The van der Waals surface area contributed by atoms with E-state index in [0.29, 0.717) is 11.5 Å². The minimum absolute atomic E-state index is 0.188. The maximum absolute atomic E-state index is 11.7. The number of hydrogen-bond donors (Lipinski definition) is 2. The summed E-state index contributed by atoms with van der Waals surface area (Å²) in [5.41, 5.74) is 9.35. The minimum atomic E-state index is -0.188. The second-order valence-corrected chi connectivity index (χ2v) is 7.23. The van der Waals surface area contributed by atoms with Gasteiger partial charge in [-0.2, -0.15) is 0 Å². The van der Waals surface area contributed by atoms with Crippen molar-refractivity contribution in [3.05, 3.63) is 81.8 Å². The van der Waals surface area contributed by atoms with Crippen molar-refractivity contribution < 1.29 is 4.74 Å². The zero-order chi connectivity index (χ0) is 19.5. The Labute approximate surface area is 164 Å². The van der Waals surface area contributed by atoms with Crippen molar-refractivity contribution >= 4 is 0 Å². The molecule has 2 aromatic carbocycles. The van der Waals surface area contributed by atoms with E-state index < -0.39 is 0 Å². The molecule has 1 unspecified atom stereocenters. The lowest BCUT2D eigenvalue weighted by atomic mass is 10.1. The highest BCUT2D eigenvalue weighted by Crippen LogP contribution is 2.28. The van der Waals surface area contributed by atoms with Crippen LogP contribution < -0.4 is 16.0 Å². The van der Waals surface area contributed by atoms with Crippen molar-refractivity contribution in [3.8, 4) is 17.1 Å². The van der Waals surface area contributed by atoms with Crippen molar-refractivity contribution in [2.45, 2.75) is 25.6 Å². The van der Waals surface area contributed by atoms with E-state index in [1.165, 1.54) is 17.2 Å². The van der Waals surface area contributed by atoms with E-state index in [1.54, 1.807) is 0 Å². The molecule has 3 N–H and O–H groups in total. The summed E-state index contributed by atoms with van der Waals surface area (Å²) in [5.74, 6) is 1.55. The Balaban J connectivity index is 1.38. The Morgan fingerprint density at radius 3 is 2.75 bits per heavy atom. The first-order valence-corrected chi connectivity index (χ1v) is 9.43. The van der Waals surface area contributed by atoms with Crippen molar-refractivity contribution in [1.29, 1.82) is 0 Å². The van der Waals surface area contributed by atoms with Crippen LogP contribution in [0.15, 0.2) is 59.4 Å². The van der Waals surface area contributed by atoms with E-state index in [-0.39, 0.29) is 18.2 Å². The first kappa shape index (κ1) is 18.4. The second-order valence-electron chi connectivity index (χ2n) is 7.23. The monoisotopic (exact) mass is 376 g/mol. The number of benzene rings is 2. The van der Waals surface area contributed by atoms with E-state index >= 15 is 0 Å². The van der Waals surface area contributed by atoms with Crippen LogP contribution in [0.25, 0.3) is 11.4 Å². The van der Waals surface area contributed by atoms with E-state index in [2.05, 4.69) is 46.2 Å². The van der Waals surface area contributed by atoms with Gasteiger partial charge in [0.1, 0.15) is 17.7 Å². The Bertz CT molecular complexity index is 989. The number of aromatic nitrogens is 2. The largest absolute Gasteiger partial charge is 0.488 e. The van der Waals surface area contributed by atoms with Crippen molar-refractivity contribution in [2.24, 2.45) is 5.73 Å². The van der Waals surface area contributed by atoms with E-state index in [1.807, 2.05) is 24.3 Å². The molecule has 1 aliphatic rings. The molecule has 2 heterocycles. The molecule has 0 bridgehead atoms. The fourth-order valence-electron chi connectivity index (χ4n) is 3.60. The molecule has 1 aliphatic heterocycles. The molecule has 0 aliphatic carbocycles. The van der Waals surface area contributed by atoms with Gasteiger partial charge in [0.05, 0.1) is 5.69 Å². The summed E-state index contributed by atoms with van der Waals surface area (Å²) in [7, 11) is 2.10. The predicted octanol–water partition coefficient (Wildman–Crippen LogP) is 2.33. The normalized spacial score (nSPS) is 15.5. The number of ether oxygens (including phenoxy) is 1. The number of nitrogens with zero attached hydrogens (tertiary/aromatic N) is 2. The van der Waals surface area contributed by atoms with Crippen molar-refractivity contribution in [3.63, 3.8) is 0 Å². The summed E-state index contributed by atoms with van der Waals surface area (Å²) in [5, 5.41) is 0. The molecule has 3 aromatic rings. The van der Waals surface area contributed by atoms with Gasteiger partial charge in [-0.05, 0) is 24.2 Å². The maximum atomic E-state index is 11.7. The third-order valence-electron chi connectivity index (χ3n) is 4.91. The van der Waals surface area contributed by atoms with Crippen LogP contribution in [-0.4, -0.2) is 34.6 Å². The second kappa shape index (κ2) is 7.96. The fraction of sp³-hybridized carbons (Fsp3) is 0.273. The Kier molecular flexibility index (Phi) is 5.23. The zero-order valence-electron chi connectivity index (χ0n) is 15.9. The van der Waals surface area contributed by atoms with Crippen LogP contribution in [0.2, 0.25) is 0 Å². The van der Waals surface area contributed by atoms with Crippen molar-refractivity contribution in [1.82, 2.24) is 14.9 Å². The summed E-state index contributed by atoms with van der Waals surface area (Å²) >= 11 is 0. The first-order chi connectivity index (χ1) is 13.6. The third-order valence-corrected chi connectivity index (χ3v) is 4.91. The number of aromatic amines is 1. The quantitative estimate of drug-likeness (QED) is 0.690. The number of nitrogens with two attached hydrogens (primary N) is 1. The summed E-state index contributed by atoms with van der Waals surface area (Å²) in [4.78, 5) is 21.2. The van der Waals surface area contributed by atoms with Gasteiger partial charge >= 0.3 is 0 Å². The molecule has 0 saturated heterocycles. The van der Waals surface area contributed by atoms with Crippen LogP contribution in [0, 0.1) is 0 Å². The number of fused-ring (bicyclic) bond motifs is 1. The molecular formula is C22H24N4O2. The van der Waals surface area contributed by atoms with Crippen LogP contribution in [-0.2, 0) is 19.5 Å². The fourth-order valence-corrected chi connectivity index (χ4v) is 3.60. The lowest BCUT2D eigenvalue weighted by molar-refractivity contribution is 0.165. The van der Waals surface area contributed by atoms with Gasteiger partial charge in [-0.15, -0.1) is 0 Å². The Hall–Kier alpha value is -2.96. The Morgan fingerprint density at radius 1 is 1.21 bits per heavy atom. The zero-order valence-corrected chi connectivity index (χ0v) is 15.9. The van der Waals surface area contributed by atoms with Crippen LogP contribution >= 0.6 is 0 Å². The number of hydrogen-bond acceptors (Lipinski definition) is 5. The van der Waals surface area contributed by atoms with Gasteiger partial charge in [-0.3, -0.25) is 9.69 Å². The molecular weight excluding hydrogens is 352 g/mol. The topological polar surface area (TPSA) is 84.2 Å². The first-order valence-electron chi connectivity index (χ1n) is 9.43. The molecule has 1 atom stereocenters. The van der Waals surface area contributed by atoms with Gasteiger partial charge in [0.15, 0.2) is 0 Å². The standard InChI is InChI=1S/C22H24N4O2/c1-26(14-19-10-17-4-2-3-5-20(17)28-19)13-15-6-8-16(9-7-15)22-24-18(12-23)11-21(27)25-22/h2-9,11,19H,10,12-14,23H2,1H3,(H,24,25,27). The highest BCUT2D eigenvalue weighted by molar-refractivity contribution is 5.55. The smallest absolute Gasteiger partial charge is 0.251 e. The van der Waals surface area contributed by atoms with E-state index in [9.17, 15) is 4.79 Å². The number of nitrogens with one attached hydrogen (secondary N) is 1. The molecule has 144 valence electrons. The molecule has 0 fully saturated rings. The number of para-hydroxylation sites is 1. The maximum Gasteiger partial charge on any atom is 0.251 e. The molecule has 0 saturated carbocycles. The summed E-state index contributed by atoms with van der Waals surface area (Å²) < 4.78 is 6.03. The Morgan fingerprint density at radius 2 is 2.00 bits per heavy atom. The minimum Gasteiger partial charge on any atom is -0.488 e. The number of H-pyrrole nitrogens is 1. The lowest BCUT2D eigenvalue weighted by Gasteiger charge is -2.21. The average molecular weight is 376 g/mol. The highest BCUT2D eigenvalue weighted by atomic mass is 16.5. The average Bonchev–Trinajstić information content (AvgIpc) is 3.10. The summed E-state index contributed by atoms with van der Waals surface area (Å²) in [6, 6.07) is 17.7. The summed E-state index contributed by atoms with van der Waals surface area (Å²) in [6.07, 6.45) is 1.14. The molecule has 4 rings (SSSR count). The van der Waals surface area contributed by atoms with E-state index in [4.69, 9.17) is 10.5 Å². The molecule has 0 radical (unpaired) electrons. The van der Waals surface area contributed by atoms with Gasteiger partial charge < -0.3 is 15.5 Å². The molecule has 0 spiro atoms. The number of rotatable bonds is 6. The van der Waals surface area contributed by atoms with Crippen LogP contribution in [0.4, 0.5) is 0 Å². The van der Waals surface area contributed by atoms with Gasteiger partial charge in [0.25, 0.3) is 5.56 Å². The van der Waals surface area contributed by atoms with Gasteiger partial charge in [0, 0.05) is 37.7 Å². The van der Waals surface area contributed by atoms with Gasteiger partial charge in [-0.1, -0.05) is 42.5 Å². The molecule has 1 aromatic heterocycles. The van der Waals surface area contributed by atoms with Gasteiger partial charge in [0.2, 0.25) is 0 Å².